The SMILES string of the molecule is COC(=O)C1=C(Nc2c(F)cc(Br)cc2Cl)C(=O)N(CCO)C1. The van der Waals surface area contributed by atoms with Gasteiger partial charge in [0.05, 0.1) is 36.5 Å². The summed E-state index contributed by atoms with van der Waals surface area (Å²) >= 11 is 9.09. The average Bonchev–Trinajstić information content (AvgIpc) is 2.79. The van der Waals surface area contributed by atoms with Gasteiger partial charge in [0.15, 0.2) is 0 Å². The number of aliphatic hydroxyl groups is 1. The van der Waals surface area contributed by atoms with Crippen LogP contribution in [0.1, 0.15) is 0 Å². The van der Waals surface area contributed by atoms with Gasteiger partial charge in [0.1, 0.15) is 11.5 Å². The van der Waals surface area contributed by atoms with Crippen LogP contribution in [0.3, 0.4) is 0 Å². The van der Waals surface area contributed by atoms with E-state index in [0.717, 1.165) is 0 Å². The Labute approximate surface area is 145 Å². The third kappa shape index (κ3) is 3.65. The molecule has 1 amide bonds. The maximum atomic E-state index is 14.1. The number of methoxy groups -OCH3 is 1. The van der Waals surface area contributed by atoms with E-state index in [2.05, 4.69) is 26.0 Å². The highest BCUT2D eigenvalue weighted by Crippen LogP contribution is 2.32. The van der Waals surface area contributed by atoms with Gasteiger partial charge in [-0.1, -0.05) is 27.5 Å². The van der Waals surface area contributed by atoms with Crippen molar-refractivity contribution in [3.05, 3.63) is 38.7 Å². The zero-order valence-electron chi connectivity index (χ0n) is 12.0. The second-order valence-electron chi connectivity index (χ2n) is 4.66. The van der Waals surface area contributed by atoms with E-state index in [9.17, 15) is 14.0 Å². The minimum absolute atomic E-state index is 0.0375. The Morgan fingerprint density at radius 1 is 1.57 bits per heavy atom. The maximum absolute atomic E-state index is 14.1. The first kappa shape index (κ1) is 17.7. The first-order valence-corrected chi connectivity index (χ1v) is 7.69. The Morgan fingerprint density at radius 2 is 2.26 bits per heavy atom. The summed E-state index contributed by atoms with van der Waals surface area (Å²) in [6.07, 6.45) is 0. The number of anilines is 1. The summed E-state index contributed by atoms with van der Waals surface area (Å²) in [5.41, 5.74) is -0.191. The van der Waals surface area contributed by atoms with Crippen LogP contribution in [0.2, 0.25) is 5.02 Å². The molecule has 2 rings (SSSR count). The van der Waals surface area contributed by atoms with Crippen LogP contribution in [0.25, 0.3) is 0 Å². The largest absolute Gasteiger partial charge is 0.466 e. The molecule has 0 unspecified atom stereocenters. The van der Waals surface area contributed by atoms with Crippen LogP contribution in [-0.2, 0) is 14.3 Å². The molecule has 0 fully saturated rings. The average molecular weight is 408 g/mol. The molecule has 1 heterocycles. The monoisotopic (exact) mass is 406 g/mol. The van der Waals surface area contributed by atoms with Gasteiger partial charge in [-0.15, -0.1) is 0 Å². The Kier molecular flexibility index (Phi) is 5.61. The number of aliphatic hydroxyl groups excluding tert-OH is 1. The van der Waals surface area contributed by atoms with Gasteiger partial charge in [-0.3, -0.25) is 4.79 Å². The van der Waals surface area contributed by atoms with Gasteiger partial charge in [0.25, 0.3) is 5.91 Å². The van der Waals surface area contributed by atoms with Crippen molar-refractivity contribution in [1.82, 2.24) is 4.90 Å². The van der Waals surface area contributed by atoms with Crippen molar-refractivity contribution in [2.45, 2.75) is 0 Å². The van der Waals surface area contributed by atoms with Gasteiger partial charge in [0, 0.05) is 11.0 Å². The number of rotatable bonds is 5. The molecule has 0 aliphatic carbocycles. The van der Waals surface area contributed by atoms with E-state index in [0.29, 0.717) is 4.47 Å². The quantitative estimate of drug-likeness (QED) is 0.729. The minimum atomic E-state index is -0.713. The standard InChI is InChI=1S/C14H13BrClFN2O4/c1-23-14(22)8-6-19(2-3-20)13(21)11(8)18-12-9(16)4-7(15)5-10(12)17/h4-5,18,20H,2-3,6H2,1H3. The number of amides is 1. The zero-order valence-corrected chi connectivity index (χ0v) is 14.4. The van der Waals surface area contributed by atoms with Gasteiger partial charge in [-0.05, 0) is 12.1 Å². The molecule has 1 aromatic rings. The summed E-state index contributed by atoms with van der Waals surface area (Å²) < 4.78 is 19.1. The third-order valence-corrected chi connectivity index (χ3v) is 3.97. The molecule has 0 spiro atoms. The zero-order chi connectivity index (χ0) is 17.1. The third-order valence-electron chi connectivity index (χ3n) is 3.21. The molecule has 0 bridgehead atoms. The number of hydrogen-bond donors (Lipinski definition) is 2. The highest BCUT2D eigenvalue weighted by Gasteiger charge is 2.35. The molecule has 9 heteroatoms. The molecule has 6 nitrogen and oxygen atoms in total. The number of nitrogens with zero attached hydrogens (tertiary/aromatic N) is 1. The number of carbonyl (C=O) groups excluding carboxylic acids is 2. The summed E-state index contributed by atoms with van der Waals surface area (Å²) in [4.78, 5) is 25.4. The van der Waals surface area contributed by atoms with E-state index in [1.165, 1.54) is 24.1 Å². The molecular formula is C14H13BrClFN2O4. The van der Waals surface area contributed by atoms with Crippen LogP contribution in [0, 0.1) is 5.82 Å². The van der Waals surface area contributed by atoms with Crippen molar-refractivity contribution >= 4 is 45.1 Å². The summed E-state index contributed by atoms with van der Waals surface area (Å²) in [7, 11) is 1.18. The number of benzene rings is 1. The fraction of sp³-hybridized carbons (Fsp3) is 0.286. The minimum Gasteiger partial charge on any atom is -0.466 e. The first-order chi connectivity index (χ1) is 10.9. The van der Waals surface area contributed by atoms with E-state index >= 15 is 0 Å². The molecule has 1 aromatic carbocycles. The maximum Gasteiger partial charge on any atom is 0.337 e. The number of nitrogens with one attached hydrogen (secondary N) is 1. The molecule has 0 radical (unpaired) electrons. The Morgan fingerprint density at radius 3 is 2.83 bits per heavy atom. The Bertz CT molecular complexity index is 672. The second-order valence-corrected chi connectivity index (χ2v) is 5.99. The van der Waals surface area contributed by atoms with Gasteiger partial charge in [-0.2, -0.15) is 0 Å². The van der Waals surface area contributed by atoms with E-state index in [1.54, 1.807) is 0 Å². The van der Waals surface area contributed by atoms with Gasteiger partial charge < -0.3 is 20.1 Å². The second kappa shape index (κ2) is 7.29. The summed E-state index contributed by atoms with van der Waals surface area (Å²) in [5, 5.41) is 11.6. The van der Waals surface area contributed by atoms with Crippen LogP contribution >= 0.6 is 27.5 Å². The van der Waals surface area contributed by atoms with Crippen molar-refractivity contribution in [3.63, 3.8) is 0 Å². The molecule has 0 saturated heterocycles. The van der Waals surface area contributed by atoms with Crippen molar-refractivity contribution < 1.29 is 23.8 Å². The van der Waals surface area contributed by atoms with Crippen LogP contribution in [0.4, 0.5) is 10.1 Å². The number of ether oxygens (including phenoxy) is 1. The van der Waals surface area contributed by atoms with Crippen molar-refractivity contribution in [2.24, 2.45) is 0 Å². The Balaban J connectivity index is 2.41. The van der Waals surface area contributed by atoms with Gasteiger partial charge in [0.2, 0.25) is 0 Å². The summed E-state index contributed by atoms with van der Waals surface area (Å²) in [5.74, 6) is -1.94. The molecule has 0 aromatic heterocycles. The highest BCUT2D eigenvalue weighted by atomic mass is 79.9. The van der Waals surface area contributed by atoms with Gasteiger partial charge >= 0.3 is 5.97 Å². The van der Waals surface area contributed by atoms with E-state index in [1.807, 2.05) is 0 Å². The summed E-state index contributed by atoms with van der Waals surface area (Å²) in [6, 6.07) is 2.63. The topological polar surface area (TPSA) is 78.9 Å². The summed E-state index contributed by atoms with van der Waals surface area (Å²) in [6.45, 7) is -0.258. The lowest BCUT2D eigenvalue weighted by atomic mass is 10.2. The number of halogens is 3. The smallest absolute Gasteiger partial charge is 0.337 e. The van der Waals surface area contributed by atoms with Crippen LogP contribution in [0.15, 0.2) is 27.9 Å². The number of carbonyl (C=O) groups is 2. The van der Waals surface area contributed by atoms with Crippen LogP contribution in [-0.4, -0.2) is 48.7 Å². The van der Waals surface area contributed by atoms with E-state index in [4.69, 9.17) is 16.7 Å². The van der Waals surface area contributed by atoms with Crippen LogP contribution < -0.4 is 5.32 Å². The first-order valence-electron chi connectivity index (χ1n) is 6.52. The highest BCUT2D eigenvalue weighted by molar-refractivity contribution is 9.10. The number of β-amino-alcohol motifs (C(OH)–C–C–N with tert-alkyl or cyclic N) is 1. The molecule has 1 aliphatic rings. The van der Waals surface area contributed by atoms with Crippen molar-refractivity contribution in [2.75, 3.05) is 32.1 Å². The normalized spacial score (nSPS) is 14.5. The lowest BCUT2D eigenvalue weighted by Gasteiger charge is -2.15. The lowest BCUT2D eigenvalue weighted by Crippen LogP contribution is -2.31. The fourth-order valence-corrected chi connectivity index (χ4v) is 2.95. The molecule has 124 valence electrons. The molecular weight excluding hydrogens is 395 g/mol. The predicted octanol–water partition coefficient (Wildman–Crippen LogP) is 1.92. The van der Waals surface area contributed by atoms with Crippen molar-refractivity contribution in [3.8, 4) is 0 Å². The molecule has 0 atom stereocenters. The fourth-order valence-electron chi connectivity index (χ4n) is 2.14. The molecule has 2 N–H and O–H groups in total. The van der Waals surface area contributed by atoms with E-state index < -0.39 is 17.7 Å². The number of esters is 1. The molecule has 0 saturated carbocycles. The van der Waals surface area contributed by atoms with Gasteiger partial charge in [-0.25, -0.2) is 9.18 Å². The predicted molar refractivity (Wildman–Crippen MR) is 85.4 cm³/mol. The van der Waals surface area contributed by atoms with Crippen LogP contribution in [0.5, 0.6) is 0 Å². The molecule has 23 heavy (non-hydrogen) atoms. The lowest BCUT2D eigenvalue weighted by molar-refractivity contribution is -0.136. The van der Waals surface area contributed by atoms with Crippen molar-refractivity contribution in [1.29, 1.82) is 0 Å². The Hall–Kier alpha value is -1.64. The number of hydrogen-bond acceptors (Lipinski definition) is 5. The van der Waals surface area contributed by atoms with E-state index in [-0.39, 0.29) is 41.7 Å². The molecule has 1 aliphatic heterocycles.